The molecule has 152 valence electrons. The summed E-state index contributed by atoms with van der Waals surface area (Å²) in [4.78, 5) is 17.4. The minimum absolute atomic E-state index is 0.167. The maximum atomic E-state index is 12.6. The van der Waals surface area contributed by atoms with E-state index in [1.165, 1.54) is 17.3 Å². The van der Waals surface area contributed by atoms with Crippen LogP contribution in [0.25, 0.3) is 0 Å². The summed E-state index contributed by atoms with van der Waals surface area (Å²) in [5, 5.41) is 13.2. The summed E-state index contributed by atoms with van der Waals surface area (Å²) in [7, 11) is 0. The number of aryl methyl sites for hydroxylation is 1. The second-order valence-corrected chi connectivity index (χ2v) is 10.3. The van der Waals surface area contributed by atoms with E-state index in [2.05, 4.69) is 32.2 Å². The first kappa shape index (κ1) is 21.7. The number of rotatable bonds is 4. The number of thioether (sulfide) groups is 1. The van der Waals surface area contributed by atoms with Gasteiger partial charge in [-0.1, -0.05) is 56.3 Å². The van der Waals surface area contributed by atoms with Crippen LogP contribution in [0.15, 0.2) is 35.4 Å². The molecule has 1 aliphatic carbocycles. The lowest BCUT2D eigenvalue weighted by atomic mass is 9.71. The van der Waals surface area contributed by atoms with E-state index >= 15 is 0 Å². The molecule has 1 aromatic carbocycles. The molecule has 0 radical (unpaired) electrons. The quantitative estimate of drug-likeness (QED) is 0.619. The molecule has 0 spiro atoms. The Labute approximate surface area is 182 Å². The third-order valence-electron chi connectivity index (χ3n) is 5.49. The lowest BCUT2D eigenvalue weighted by Gasteiger charge is -2.34. The predicted octanol–water partition coefficient (Wildman–Crippen LogP) is 5.88. The molecule has 6 heteroatoms. The second kappa shape index (κ2) is 8.77. The second-order valence-electron chi connectivity index (χ2n) is 8.59. The van der Waals surface area contributed by atoms with Crippen molar-refractivity contribution in [3.63, 3.8) is 0 Å². The van der Waals surface area contributed by atoms with Gasteiger partial charge in [-0.2, -0.15) is 5.26 Å². The van der Waals surface area contributed by atoms with E-state index in [0.29, 0.717) is 27.2 Å². The monoisotopic (exact) mass is 427 g/mol. The van der Waals surface area contributed by atoms with Crippen molar-refractivity contribution in [2.24, 2.45) is 11.3 Å². The first-order chi connectivity index (χ1) is 13.7. The van der Waals surface area contributed by atoms with Crippen molar-refractivity contribution in [3.05, 3.63) is 52.2 Å². The fourth-order valence-corrected chi connectivity index (χ4v) is 4.65. The molecule has 3 rings (SSSR count). The lowest BCUT2D eigenvalue weighted by Crippen LogP contribution is -2.28. The van der Waals surface area contributed by atoms with Crippen LogP contribution in [-0.4, -0.2) is 16.1 Å². The van der Waals surface area contributed by atoms with E-state index in [-0.39, 0.29) is 11.3 Å². The van der Waals surface area contributed by atoms with Gasteiger partial charge in [-0.25, -0.2) is 4.98 Å². The molecule has 1 heterocycles. The number of para-hydroxylation sites is 1. The summed E-state index contributed by atoms with van der Waals surface area (Å²) in [6.45, 7) is 8.62. The summed E-state index contributed by atoms with van der Waals surface area (Å²) in [6.07, 6.45) is 2.97. The van der Waals surface area contributed by atoms with Crippen LogP contribution in [0.5, 0.6) is 0 Å². The standard InChI is InChI=1S/C23H26ClN3OS/c1-14(21(28)26-20-8-6-5-7-18(20)24)29-22-16(13-25)11-15-12-17(23(2,3)4)9-10-19(15)27-22/h5-8,11,14,17H,9-10,12H2,1-4H3,(H,26,28). The van der Waals surface area contributed by atoms with Crippen molar-refractivity contribution in [1.82, 2.24) is 4.98 Å². The molecule has 0 saturated heterocycles. The van der Waals surface area contributed by atoms with Crippen LogP contribution in [0.4, 0.5) is 5.69 Å². The zero-order valence-electron chi connectivity index (χ0n) is 17.3. The van der Waals surface area contributed by atoms with Crippen molar-refractivity contribution in [1.29, 1.82) is 5.26 Å². The first-order valence-corrected chi connectivity index (χ1v) is 11.1. The molecule has 1 amide bonds. The van der Waals surface area contributed by atoms with Crippen molar-refractivity contribution in [2.75, 3.05) is 5.32 Å². The van der Waals surface area contributed by atoms with Gasteiger partial charge in [0, 0.05) is 5.69 Å². The van der Waals surface area contributed by atoms with Gasteiger partial charge in [-0.3, -0.25) is 4.79 Å². The van der Waals surface area contributed by atoms with Crippen molar-refractivity contribution < 1.29 is 4.79 Å². The van der Waals surface area contributed by atoms with Gasteiger partial charge in [-0.15, -0.1) is 0 Å². The van der Waals surface area contributed by atoms with E-state index in [4.69, 9.17) is 16.6 Å². The average molecular weight is 428 g/mol. The van der Waals surface area contributed by atoms with E-state index in [0.717, 1.165) is 25.0 Å². The summed E-state index contributed by atoms with van der Waals surface area (Å²) < 4.78 is 0. The van der Waals surface area contributed by atoms with E-state index in [9.17, 15) is 10.1 Å². The Kier molecular flexibility index (Phi) is 6.55. The highest BCUT2D eigenvalue weighted by Crippen LogP contribution is 2.38. The topological polar surface area (TPSA) is 65.8 Å². The number of halogens is 1. The molecule has 0 aliphatic heterocycles. The Hall–Kier alpha value is -2.03. The third-order valence-corrected chi connectivity index (χ3v) is 6.92. The van der Waals surface area contributed by atoms with Gasteiger partial charge in [0.15, 0.2) is 0 Å². The number of hydrogen-bond donors (Lipinski definition) is 1. The van der Waals surface area contributed by atoms with Crippen LogP contribution in [0.1, 0.15) is 50.9 Å². The van der Waals surface area contributed by atoms with E-state index in [1.54, 1.807) is 12.1 Å². The summed E-state index contributed by atoms with van der Waals surface area (Å²) in [5.74, 6) is 0.418. The number of hydrogen-bond acceptors (Lipinski definition) is 4. The molecule has 2 aromatic rings. The Morgan fingerprint density at radius 1 is 1.38 bits per heavy atom. The number of fused-ring (bicyclic) bond motifs is 1. The van der Waals surface area contributed by atoms with Gasteiger partial charge in [-0.05, 0) is 61.3 Å². The minimum atomic E-state index is -0.408. The molecule has 0 fully saturated rings. The Morgan fingerprint density at radius 3 is 2.76 bits per heavy atom. The molecule has 1 N–H and O–H groups in total. The first-order valence-electron chi connectivity index (χ1n) is 9.84. The molecule has 2 unspecified atom stereocenters. The van der Waals surface area contributed by atoms with Gasteiger partial charge >= 0.3 is 0 Å². The number of anilines is 1. The van der Waals surface area contributed by atoms with Gasteiger partial charge in [0.1, 0.15) is 11.1 Å². The van der Waals surface area contributed by atoms with Gasteiger partial charge in [0.25, 0.3) is 0 Å². The lowest BCUT2D eigenvalue weighted by molar-refractivity contribution is -0.115. The molecule has 2 atom stereocenters. The maximum absolute atomic E-state index is 12.6. The van der Waals surface area contributed by atoms with Crippen LogP contribution in [0.2, 0.25) is 5.02 Å². The number of carbonyl (C=O) groups is 1. The number of pyridine rings is 1. The predicted molar refractivity (Wildman–Crippen MR) is 119 cm³/mol. The van der Waals surface area contributed by atoms with Crippen LogP contribution >= 0.6 is 23.4 Å². The van der Waals surface area contributed by atoms with Gasteiger partial charge < -0.3 is 5.32 Å². The highest BCUT2D eigenvalue weighted by Gasteiger charge is 2.30. The van der Waals surface area contributed by atoms with Crippen molar-refractivity contribution in [2.45, 2.75) is 57.2 Å². The zero-order valence-corrected chi connectivity index (χ0v) is 18.8. The Morgan fingerprint density at radius 2 is 2.10 bits per heavy atom. The molecule has 0 saturated carbocycles. The summed E-state index contributed by atoms with van der Waals surface area (Å²) in [5.41, 5.74) is 3.60. The van der Waals surface area contributed by atoms with Crippen LogP contribution < -0.4 is 5.32 Å². The fraction of sp³-hybridized carbons (Fsp3) is 0.435. The van der Waals surface area contributed by atoms with E-state index in [1.807, 2.05) is 25.1 Å². The third kappa shape index (κ3) is 5.12. The molecule has 0 bridgehead atoms. The van der Waals surface area contributed by atoms with Crippen LogP contribution in [0, 0.1) is 22.7 Å². The van der Waals surface area contributed by atoms with Crippen LogP contribution in [0.3, 0.4) is 0 Å². The molecule has 1 aromatic heterocycles. The number of nitrogens with zero attached hydrogens (tertiary/aromatic N) is 2. The molecule has 29 heavy (non-hydrogen) atoms. The molecular formula is C23H26ClN3OS. The molecular weight excluding hydrogens is 402 g/mol. The average Bonchev–Trinajstić information content (AvgIpc) is 2.68. The molecule has 1 aliphatic rings. The minimum Gasteiger partial charge on any atom is -0.324 e. The Bertz CT molecular complexity index is 962. The number of aromatic nitrogens is 1. The number of carbonyl (C=O) groups excluding carboxylic acids is 1. The maximum Gasteiger partial charge on any atom is 0.237 e. The Balaban J connectivity index is 1.77. The number of nitrogens with one attached hydrogen (secondary N) is 1. The van der Waals surface area contributed by atoms with Crippen LogP contribution in [-0.2, 0) is 17.6 Å². The normalized spacial score (nSPS) is 17.2. The van der Waals surface area contributed by atoms with E-state index < -0.39 is 5.25 Å². The summed E-state index contributed by atoms with van der Waals surface area (Å²) >= 11 is 7.45. The number of nitriles is 1. The van der Waals surface area contributed by atoms with Gasteiger partial charge in [0.05, 0.1) is 21.5 Å². The highest BCUT2D eigenvalue weighted by molar-refractivity contribution is 8.00. The van der Waals surface area contributed by atoms with Crippen molar-refractivity contribution >= 4 is 35.0 Å². The van der Waals surface area contributed by atoms with Gasteiger partial charge in [0.2, 0.25) is 5.91 Å². The highest BCUT2D eigenvalue weighted by atomic mass is 35.5. The summed E-state index contributed by atoms with van der Waals surface area (Å²) in [6, 6.07) is 11.4. The molecule has 4 nitrogen and oxygen atoms in total. The largest absolute Gasteiger partial charge is 0.324 e. The zero-order chi connectivity index (χ0) is 21.2. The number of benzene rings is 1. The smallest absolute Gasteiger partial charge is 0.237 e. The SMILES string of the molecule is CC(Sc1nc2c(cc1C#N)CC(C(C)(C)C)CC2)C(=O)Nc1ccccc1Cl. The number of amides is 1. The fourth-order valence-electron chi connectivity index (χ4n) is 3.57. The van der Waals surface area contributed by atoms with Crippen molar-refractivity contribution in [3.8, 4) is 6.07 Å².